The molecule has 5 nitrogen and oxygen atoms in total. The van der Waals surface area contributed by atoms with Crippen molar-refractivity contribution >= 4 is 12.0 Å². The van der Waals surface area contributed by atoms with Gasteiger partial charge >= 0.3 is 6.09 Å². The smallest absolute Gasteiger partial charge is 0.406 e. The zero-order valence-corrected chi connectivity index (χ0v) is 13.0. The molecule has 0 aromatic heterocycles. The number of carbonyl (C=O) groups is 2. The highest BCUT2D eigenvalue weighted by atomic mass is 16.5. The average molecular weight is 304 g/mol. The van der Waals surface area contributed by atoms with E-state index in [2.05, 4.69) is 39.6 Å². The zero-order chi connectivity index (χ0) is 15.8. The van der Waals surface area contributed by atoms with Gasteiger partial charge in [-0.3, -0.25) is 4.79 Å². The fraction of sp³-hybridized carbons (Fsp3) is 0.529. The topological polar surface area (TPSA) is 67.4 Å². The Labute approximate surface area is 131 Å². The second-order valence-electron chi connectivity index (χ2n) is 5.72. The highest BCUT2D eigenvalue weighted by Crippen LogP contribution is 2.28. The molecule has 1 saturated carbocycles. The van der Waals surface area contributed by atoms with Gasteiger partial charge in [-0.2, -0.15) is 0 Å². The lowest BCUT2D eigenvalue weighted by Crippen LogP contribution is -2.39. The van der Waals surface area contributed by atoms with E-state index in [1.807, 2.05) is 6.07 Å². The quantitative estimate of drug-likeness (QED) is 0.847. The van der Waals surface area contributed by atoms with E-state index < -0.39 is 6.09 Å². The molecule has 0 aliphatic heterocycles. The maximum atomic E-state index is 12.0. The van der Waals surface area contributed by atoms with Crippen molar-refractivity contribution in [1.29, 1.82) is 0 Å². The summed E-state index contributed by atoms with van der Waals surface area (Å²) in [5.41, 5.74) is 1.32. The Morgan fingerprint density at radius 2 is 2.00 bits per heavy atom. The van der Waals surface area contributed by atoms with Crippen LogP contribution in [0.25, 0.3) is 0 Å². The first-order valence-electron chi connectivity index (χ1n) is 7.84. The SMILES string of the molecule is COC(=O)NCCC(=O)N[C@@H]1CCC[C@H]1Cc1ccccc1. The minimum atomic E-state index is -0.504. The normalized spacial score (nSPS) is 20.4. The van der Waals surface area contributed by atoms with Crippen molar-refractivity contribution < 1.29 is 14.3 Å². The van der Waals surface area contributed by atoms with Crippen LogP contribution >= 0.6 is 0 Å². The number of ether oxygens (including phenoxy) is 1. The van der Waals surface area contributed by atoms with Crippen LogP contribution in [-0.4, -0.2) is 31.7 Å². The first-order chi connectivity index (χ1) is 10.7. The predicted molar refractivity (Wildman–Crippen MR) is 84.4 cm³/mol. The van der Waals surface area contributed by atoms with E-state index in [9.17, 15) is 9.59 Å². The third kappa shape index (κ3) is 5.06. The van der Waals surface area contributed by atoms with E-state index in [1.165, 1.54) is 12.7 Å². The summed E-state index contributed by atoms with van der Waals surface area (Å²) in [6.45, 7) is 0.300. The predicted octanol–water partition coefficient (Wildman–Crippen LogP) is 2.26. The van der Waals surface area contributed by atoms with Crippen molar-refractivity contribution in [3.63, 3.8) is 0 Å². The van der Waals surface area contributed by atoms with Gasteiger partial charge in [0.15, 0.2) is 0 Å². The van der Waals surface area contributed by atoms with E-state index in [0.29, 0.717) is 12.5 Å². The molecular formula is C17H24N2O3. The summed E-state index contributed by atoms with van der Waals surface area (Å²) in [4.78, 5) is 22.9. The molecule has 2 rings (SSSR count). The number of methoxy groups -OCH3 is 1. The summed E-state index contributed by atoms with van der Waals surface area (Å²) in [7, 11) is 1.31. The summed E-state index contributed by atoms with van der Waals surface area (Å²) < 4.78 is 4.47. The molecule has 0 heterocycles. The van der Waals surface area contributed by atoms with Gasteiger partial charge in [0.2, 0.25) is 5.91 Å². The lowest BCUT2D eigenvalue weighted by atomic mass is 9.94. The molecule has 2 N–H and O–H groups in total. The number of hydrogen-bond acceptors (Lipinski definition) is 3. The summed E-state index contributed by atoms with van der Waals surface area (Å²) in [5.74, 6) is 0.487. The Kier molecular flexibility index (Phi) is 6.25. The molecule has 120 valence electrons. The van der Waals surface area contributed by atoms with Gasteiger partial charge in [-0.1, -0.05) is 36.8 Å². The number of alkyl carbamates (subject to hydrolysis) is 1. The van der Waals surface area contributed by atoms with Crippen molar-refractivity contribution in [3.05, 3.63) is 35.9 Å². The van der Waals surface area contributed by atoms with Crippen molar-refractivity contribution in [2.75, 3.05) is 13.7 Å². The monoisotopic (exact) mass is 304 g/mol. The molecule has 2 atom stereocenters. The molecule has 0 unspecified atom stereocenters. The fourth-order valence-electron chi connectivity index (χ4n) is 3.02. The van der Waals surface area contributed by atoms with Crippen molar-refractivity contribution in [3.8, 4) is 0 Å². The first kappa shape index (κ1) is 16.3. The van der Waals surface area contributed by atoms with Gasteiger partial charge in [0.1, 0.15) is 0 Å². The number of carbonyl (C=O) groups excluding carboxylic acids is 2. The van der Waals surface area contributed by atoms with Crippen LogP contribution in [0.5, 0.6) is 0 Å². The van der Waals surface area contributed by atoms with Crippen molar-refractivity contribution in [2.24, 2.45) is 5.92 Å². The maximum Gasteiger partial charge on any atom is 0.406 e. The van der Waals surface area contributed by atoms with E-state index in [0.717, 1.165) is 25.7 Å². The van der Waals surface area contributed by atoms with Crippen LogP contribution in [0, 0.1) is 5.92 Å². The van der Waals surface area contributed by atoms with Crippen LogP contribution in [-0.2, 0) is 16.0 Å². The van der Waals surface area contributed by atoms with Crippen LogP contribution in [0.1, 0.15) is 31.2 Å². The Balaban J connectivity index is 1.76. The molecule has 1 aromatic rings. The molecule has 1 aliphatic carbocycles. The van der Waals surface area contributed by atoms with E-state index in [1.54, 1.807) is 0 Å². The van der Waals surface area contributed by atoms with Crippen LogP contribution in [0.4, 0.5) is 4.79 Å². The third-order valence-electron chi connectivity index (χ3n) is 4.15. The van der Waals surface area contributed by atoms with E-state index >= 15 is 0 Å². The molecule has 0 radical (unpaired) electrons. The lowest BCUT2D eigenvalue weighted by Gasteiger charge is -2.21. The van der Waals surface area contributed by atoms with E-state index in [4.69, 9.17) is 0 Å². The minimum absolute atomic E-state index is 0.0126. The lowest BCUT2D eigenvalue weighted by molar-refractivity contribution is -0.121. The second-order valence-corrected chi connectivity index (χ2v) is 5.72. The summed E-state index contributed by atoms with van der Waals surface area (Å²) in [6, 6.07) is 10.6. The Bertz CT molecular complexity index is 490. The van der Waals surface area contributed by atoms with Crippen molar-refractivity contribution in [1.82, 2.24) is 10.6 Å². The Hall–Kier alpha value is -2.04. The van der Waals surface area contributed by atoms with Gasteiger partial charge in [0, 0.05) is 19.0 Å². The van der Waals surface area contributed by atoms with Crippen LogP contribution in [0.3, 0.4) is 0 Å². The summed E-state index contributed by atoms with van der Waals surface area (Å²) >= 11 is 0. The van der Waals surface area contributed by atoms with E-state index in [-0.39, 0.29) is 18.4 Å². The molecule has 5 heteroatoms. The highest BCUT2D eigenvalue weighted by Gasteiger charge is 2.28. The molecule has 0 bridgehead atoms. The van der Waals surface area contributed by atoms with Gasteiger partial charge in [0.05, 0.1) is 7.11 Å². The highest BCUT2D eigenvalue weighted by molar-refractivity contribution is 5.77. The second kappa shape index (κ2) is 8.41. The molecule has 2 amide bonds. The molecule has 0 spiro atoms. The number of hydrogen-bond donors (Lipinski definition) is 2. The molecule has 1 fully saturated rings. The van der Waals surface area contributed by atoms with Gasteiger partial charge in [-0.15, -0.1) is 0 Å². The van der Waals surface area contributed by atoms with Gasteiger partial charge < -0.3 is 15.4 Å². The molecule has 1 aromatic carbocycles. The molecular weight excluding hydrogens is 280 g/mol. The Morgan fingerprint density at radius 1 is 1.23 bits per heavy atom. The average Bonchev–Trinajstić information content (AvgIpc) is 2.95. The number of nitrogens with one attached hydrogen (secondary N) is 2. The fourth-order valence-corrected chi connectivity index (χ4v) is 3.02. The number of benzene rings is 1. The summed E-state index contributed by atoms with van der Waals surface area (Å²) in [5, 5.41) is 5.63. The van der Waals surface area contributed by atoms with Gasteiger partial charge in [-0.05, 0) is 30.7 Å². The zero-order valence-electron chi connectivity index (χ0n) is 13.0. The molecule has 1 aliphatic rings. The summed E-state index contributed by atoms with van der Waals surface area (Å²) in [6.07, 6.45) is 4.13. The van der Waals surface area contributed by atoms with Crippen molar-refractivity contribution in [2.45, 2.75) is 38.1 Å². The van der Waals surface area contributed by atoms with Gasteiger partial charge in [-0.25, -0.2) is 4.79 Å². The third-order valence-corrected chi connectivity index (χ3v) is 4.15. The largest absolute Gasteiger partial charge is 0.453 e. The number of amides is 2. The number of rotatable bonds is 6. The minimum Gasteiger partial charge on any atom is -0.453 e. The van der Waals surface area contributed by atoms with Crippen LogP contribution in [0.2, 0.25) is 0 Å². The van der Waals surface area contributed by atoms with Gasteiger partial charge in [0.25, 0.3) is 0 Å². The molecule has 0 saturated heterocycles. The van der Waals surface area contributed by atoms with Crippen LogP contribution in [0.15, 0.2) is 30.3 Å². The molecule has 22 heavy (non-hydrogen) atoms. The first-order valence-corrected chi connectivity index (χ1v) is 7.84. The Morgan fingerprint density at radius 3 is 2.73 bits per heavy atom. The maximum absolute atomic E-state index is 12.0. The standard InChI is InChI=1S/C17H24N2O3/c1-22-17(21)18-11-10-16(20)19-15-9-5-8-14(15)12-13-6-3-2-4-7-13/h2-4,6-7,14-15H,5,8-12H2,1H3,(H,18,21)(H,19,20)/t14-,15+/m0/s1. The van der Waals surface area contributed by atoms with Crippen LogP contribution < -0.4 is 10.6 Å².